The topological polar surface area (TPSA) is 54.3 Å². The first-order valence-corrected chi connectivity index (χ1v) is 9.71. The van der Waals surface area contributed by atoms with Gasteiger partial charge in [-0.25, -0.2) is 0 Å². The van der Waals surface area contributed by atoms with Crippen molar-refractivity contribution in [3.63, 3.8) is 0 Å². The number of nitriles is 1. The molecule has 0 aromatic heterocycles. The molecule has 0 amide bonds. The van der Waals surface area contributed by atoms with Crippen molar-refractivity contribution in [1.82, 2.24) is 5.32 Å². The van der Waals surface area contributed by atoms with Gasteiger partial charge in [-0.1, -0.05) is 56.3 Å². The molecule has 0 saturated heterocycles. The Bertz CT molecular complexity index is 769. The van der Waals surface area contributed by atoms with E-state index in [1.165, 1.54) is 0 Å². The van der Waals surface area contributed by atoms with Crippen LogP contribution < -0.4 is 14.8 Å². The van der Waals surface area contributed by atoms with Crippen LogP contribution in [0.3, 0.4) is 0 Å². The largest absolute Gasteiger partial charge is 0.486 e. The third-order valence-electron chi connectivity index (χ3n) is 5.34. The summed E-state index contributed by atoms with van der Waals surface area (Å²) in [5.41, 5.74) is 0.676. The lowest BCUT2D eigenvalue weighted by atomic mass is 9.70. The highest BCUT2D eigenvalue weighted by atomic mass is 16.6. The fraction of sp³-hybridized carbons (Fsp3) is 0.435. The summed E-state index contributed by atoms with van der Waals surface area (Å²) in [6.45, 7) is 6.41. The van der Waals surface area contributed by atoms with E-state index in [1.807, 2.05) is 42.5 Å². The molecular formula is C23H28N2O2. The van der Waals surface area contributed by atoms with E-state index >= 15 is 0 Å². The number of hydrogen-bond acceptors (Lipinski definition) is 4. The first-order chi connectivity index (χ1) is 13.2. The fourth-order valence-electron chi connectivity index (χ4n) is 3.67. The number of benzene rings is 2. The second-order valence-corrected chi connectivity index (χ2v) is 7.41. The number of ether oxygens (including phenoxy) is 2. The Labute approximate surface area is 162 Å². The van der Waals surface area contributed by atoms with Crippen LogP contribution in [0, 0.1) is 17.2 Å². The maximum absolute atomic E-state index is 9.95. The Morgan fingerprint density at radius 2 is 1.81 bits per heavy atom. The van der Waals surface area contributed by atoms with Gasteiger partial charge in [0.2, 0.25) is 0 Å². The third kappa shape index (κ3) is 4.43. The first-order valence-electron chi connectivity index (χ1n) is 9.71. The number of rotatable bonds is 8. The monoisotopic (exact) mass is 364 g/mol. The maximum Gasteiger partial charge on any atom is 0.161 e. The van der Waals surface area contributed by atoms with Gasteiger partial charge in [0.15, 0.2) is 11.5 Å². The average molecular weight is 364 g/mol. The second kappa shape index (κ2) is 8.92. The van der Waals surface area contributed by atoms with Gasteiger partial charge in [0.25, 0.3) is 0 Å². The summed E-state index contributed by atoms with van der Waals surface area (Å²) in [5.74, 6) is 1.88. The van der Waals surface area contributed by atoms with Gasteiger partial charge in [-0.2, -0.15) is 5.26 Å². The molecule has 2 aromatic rings. The van der Waals surface area contributed by atoms with E-state index in [0.717, 1.165) is 43.0 Å². The predicted molar refractivity (Wildman–Crippen MR) is 107 cm³/mol. The molecule has 1 heterocycles. The molecule has 4 nitrogen and oxygen atoms in total. The molecule has 0 saturated carbocycles. The lowest BCUT2D eigenvalue weighted by Gasteiger charge is -2.31. The molecule has 0 spiro atoms. The Morgan fingerprint density at radius 3 is 2.52 bits per heavy atom. The van der Waals surface area contributed by atoms with E-state index < -0.39 is 5.41 Å². The van der Waals surface area contributed by atoms with Gasteiger partial charge in [0.05, 0.1) is 11.5 Å². The van der Waals surface area contributed by atoms with E-state index in [9.17, 15) is 5.26 Å². The summed E-state index contributed by atoms with van der Waals surface area (Å²) in [4.78, 5) is 0. The van der Waals surface area contributed by atoms with Crippen LogP contribution in [0.4, 0.5) is 0 Å². The molecule has 1 aliphatic heterocycles. The number of para-hydroxylation sites is 2. The SMILES string of the molecule is CC(C)[C@](C#N)(CCCNC[C@H]1COc2ccccc2O1)c1ccccc1. The van der Waals surface area contributed by atoms with Crippen molar-refractivity contribution in [3.05, 3.63) is 60.2 Å². The Hall–Kier alpha value is -2.51. The van der Waals surface area contributed by atoms with Gasteiger partial charge in [-0.15, -0.1) is 0 Å². The summed E-state index contributed by atoms with van der Waals surface area (Å²) >= 11 is 0. The van der Waals surface area contributed by atoms with Crippen molar-refractivity contribution in [2.45, 2.75) is 38.2 Å². The molecule has 0 radical (unpaired) electrons. The molecule has 142 valence electrons. The van der Waals surface area contributed by atoms with E-state index in [4.69, 9.17) is 9.47 Å². The molecule has 0 aliphatic carbocycles. The van der Waals surface area contributed by atoms with Gasteiger partial charge in [-0.3, -0.25) is 0 Å². The standard InChI is InChI=1S/C23H28N2O2/c1-18(2)23(17-24,19-9-4-3-5-10-19)13-8-14-25-15-20-16-26-21-11-6-7-12-22(21)27-20/h3-7,9-12,18,20,25H,8,13-16H2,1-2H3/t20-,23+/m0/s1. The summed E-state index contributed by atoms with van der Waals surface area (Å²) in [7, 11) is 0. The van der Waals surface area contributed by atoms with Crippen LogP contribution in [-0.2, 0) is 5.41 Å². The summed E-state index contributed by atoms with van der Waals surface area (Å²) < 4.78 is 11.7. The van der Waals surface area contributed by atoms with E-state index in [2.05, 4.69) is 37.4 Å². The highest BCUT2D eigenvalue weighted by molar-refractivity contribution is 5.40. The third-order valence-corrected chi connectivity index (χ3v) is 5.34. The molecular weight excluding hydrogens is 336 g/mol. The van der Waals surface area contributed by atoms with Crippen LogP contribution >= 0.6 is 0 Å². The summed E-state index contributed by atoms with van der Waals surface area (Å²) in [5, 5.41) is 13.4. The average Bonchev–Trinajstić information content (AvgIpc) is 2.71. The fourth-order valence-corrected chi connectivity index (χ4v) is 3.67. The van der Waals surface area contributed by atoms with Crippen molar-refractivity contribution in [2.75, 3.05) is 19.7 Å². The molecule has 3 rings (SSSR count). The molecule has 0 bridgehead atoms. The van der Waals surface area contributed by atoms with Gasteiger partial charge >= 0.3 is 0 Å². The number of hydrogen-bond donors (Lipinski definition) is 1. The van der Waals surface area contributed by atoms with Crippen molar-refractivity contribution in [2.24, 2.45) is 5.92 Å². The van der Waals surface area contributed by atoms with Crippen LogP contribution in [-0.4, -0.2) is 25.8 Å². The van der Waals surface area contributed by atoms with Gasteiger partial charge in [0.1, 0.15) is 12.7 Å². The minimum Gasteiger partial charge on any atom is -0.486 e. The normalized spacial score (nSPS) is 17.9. The Balaban J connectivity index is 1.48. The second-order valence-electron chi connectivity index (χ2n) is 7.41. The van der Waals surface area contributed by atoms with Crippen molar-refractivity contribution < 1.29 is 9.47 Å². The Morgan fingerprint density at radius 1 is 1.11 bits per heavy atom. The molecule has 1 N–H and O–H groups in total. The van der Waals surface area contributed by atoms with Crippen LogP contribution in [0.2, 0.25) is 0 Å². The lowest BCUT2D eigenvalue weighted by molar-refractivity contribution is 0.0904. The highest BCUT2D eigenvalue weighted by Crippen LogP contribution is 2.36. The number of nitrogens with zero attached hydrogens (tertiary/aromatic N) is 1. The van der Waals surface area contributed by atoms with E-state index in [-0.39, 0.29) is 12.0 Å². The van der Waals surface area contributed by atoms with Crippen molar-refractivity contribution >= 4 is 0 Å². The lowest BCUT2D eigenvalue weighted by Crippen LogP contribution is -2.39. The molecule has 0 unspecified atom stereocenters. The minimum absolute atomic E-state index is 0.0137. The van der Waals surface area contributed by atoms with Crippen LogP contribution in [0.1, 0.15) is 32.3 Å². The summed E-state index contributed by atoms with van der Waals surface area (Å²) in [6.07, 6.45) is 1.79. The van der Waals surface area contributed by atoms with Gasteiger partial charge in [0, 0.05) is 6.54 Å². The quantitative estimate of drug-likeness (QED) is 0.709. The van der Waals surface area contributed by atoms with Gasteiger partial charge in [-0.05, 0) is 43.0 Å². The number of nitrogens with one attached hydrogen (secondary N) is 1. The zero-order valence-corrected chi connectivity index (χ0v) is 16.2. The van der Waals surface area contributed by atoms with Crippen molar-refractivity contribution in [1.29, 1.82) is 5.26 Å². The molecule has 27 heavy (non-hydrogen) atoms. The zero-order valence-electron chi connectivity index (χ0n) is 16.2. The van der Waals surface area contributed by atoms with Crippen molar-refractivity contribution in [3.8, 4) is 17.6 Å². The van der Waals surface area contributed by atoms with Crippen LogP contribution in [0.5, 0.6) is 11.5 Å². The number of fused-ring (bicyclic) bond motifs is 1. The molecule has 2 atom stereocenters. The predicted octanol–water partition coefficient (Wildman–Crippen LogP) is 4.31. The molecule has 1 aliphatic rings. The maximum atomic E-state index is 9.95. The molecule has 4 heteroatoms. The minimum atomic E-state index is -0.438. The summed E-state index contributed by atoms with van der Waals surface area (Å²) in [6, 6.07) is 20.5. The molecule has 2 aromatic carbocycles. The smallest absolute Gasteiger partial charge is 0.161 e. The molecule has 0 fully saturated rings. The van der Waals surface area contributed by atoms with Crippen LogP contribution in [0.25, 0.3) is 0 Å². The van der Waals surface area contributed by atoms with E-state index in [0.29, 0.717) is 6.61 Å². The van der Waals surface area contributed by atoms with Gasteiger partial charge < -0.3 is 14.8 Å². The van der Waals surface area contributed by atoms with Crippen LogP contribution in [0.15, 0.2) is 54.6 Å². The highest BCUT2D eigenvalue weighted by Gasteiger charge is 2.35. The van der Waals surface area contributed by atoms with E-state index in [1.54, 1.807) is 0 Å². The Kier molecular flexibility index (Phi) is 6.36. The zero-order chi connectivity index (χ0) is 19.1. The first kappa shape index (κ1) is 19.3.